The summed E-state index contributed by atoms with van der Waals surface area (Å²) in [4.78, 5) is 5.93. The van der Waals surface area contributed by atoms with Gasteiger partial charge in [-0.25, -0.2) is 4.99 Å². The minimum absolute atomic E-state index is 0.418. The number of hydrogen-bond donors (Lipinski definition) is 0. The SMILES string of the molecule is FC(F)(F)C(Cl)=Nc1cncc(C(F)(F)F)c1. The third kappa shape index (κ3) is 3.88. The topological polar surface area (TPSA) is 25.2 Å². The molecule has 0 saturated carbocycles. The van der Waals surface area contributed by atoms with Gasteiger partial charge < -0.3 is 0 Å². The van der Waals surface area contributed by atoms with Crippen LogP contribution in [0.4, 0.5) is 32.0 Å². The van der Waals surface area contributed by atoms with Crippen LogP contribution in [0.5, 0.6) is 0 Å². The molecule has 9 heteroatoms. The third-order valence-electron chi connectivity index (χ3n) is 1.51. The number of pyridine rings is 1. The van der Waals surface area contributed by atoms with E-state index in [4.69, 9.17) is 11.6 Å². The van der Waals surface area contributed by atoms with E-state index in [0.29, 0.717) is 12.3 Å². The van der Waals surface area contributed by atoms with Crippen LogP contribution in [0.2, 0.25) is 0 Å². The molecule has 1 rings (SSSR count). The lowest BCUT2D eigenvalue weighted by atomic mass is 10.2. The van der Waals surface area contributed by atoms with Gasteiger partial charge in [0.05, 0.1) is 17.4 Å². The van der Waals surface area contributed by atoms with Crippen LogP contribution in [0.3, 0.4) is 0 Å². The second-order valence-corrected chi connectivity index (χ2v) is 3.19. The first kappa shape index (κ1) is 13.8. The largest absolute Gasteiger partial charge is 0.444 e. The number of aromatic nitrogens is 1. The molecule has 0 aliphatic heterocycles. The zero-order valence-electron chi connectivity index (χ0n) is 7.77. The Bertz CT molecular complexity index is 436. The average Bonchev–Trinajstić information content (AvgIpc) is 2.15. The Morgan fingerprint density at radius 3 is 2.18 bits per heavy atom. The zero-order chi connectivity index (χ0) is 13.3. The van der Waals surface area contributed by atoms with E-state index < -0.39 is 28.8 Å². The number of halogens is 7. The highest BCUT2D eigenvalue weighted by atomic mass is 35.5. The van der Waals surface area contributed by atoms with Crippen molar-refractivity contribution >= 4 is 22.5 Å². The quantitative estimate of drug-likeness (QED) is 0.563. The Kier molecular flexibility index (Phi) is 3.65. The molecule has 1 aromatic heterocycles. The van der Waals surface area contributed by atoms with Crippen molar-refractivity contribution in [3.05, 3.63) is 24.0 Å². The lowest BCUT2D eigenvalue weighted by Gasteiger charge is -2.07. The van der Waals surface area contributed by atoms with E-state index in [0.717, 1.165) is 6.20 Å². The number of nitrogens with zero attached hydrogens (tertiary/aromatic N) is 2. The van der Waals surface area contributed by atoms with Crippen molar-refractivity contribution in [2.45, 2.75) is 12.4 Å². The molecule has 0 aliphatic carbocycles. The molecule has 0 N–H and O–H groups in total. The van der Waals surface area contributed by atoms with Gasteiger partial charge in [-0.2, -0.15) is 26.3 Å². The van der Waals surface area contributed by atoms with Gasteiger partial charge in [-0.05, 0) is 6.07 Å². The molecular weight excluding hydrogens is 274 g/mol. The summed E-state index contributed by atoms with van der Waals surface area (Å²) in [6, 6.07) is 0.418. The molecule has 0 radical (unpaired) electrons. The number of alkyl halides is 6. The van der Waals surface area contributed by atoms with Gasteiger partial charge in [-0.15, -0.1) is 0 Å². The van der Waals surface area contributed by atoms with Gasteiger partial charge in [0.1, 0.15) is 0 Å². The average molecular weight is 277 g/mol. The van der Waals surface area contributed by atoms with E-state index in [9.17, 15) is 26.3 Å². The third-order valence-corrected chi connectivity index (χ3v) is 1.81. The molecule has 1 heterocycles. The van der Waals surface area contributed by atoms with Crippen LogP contribution in [-0.2, 0) is 6.18 Å². The first-order valence-corrected chi connectivity index (χ1v) is 4.32. The van der Waals surface area contributed by atoms with Gasteiger partial charge >= 0.3 is 12.4 Å². The summed E-state index contributed by atoms with van der Waals surface area (Å²) in [5.41, 5.74) is -1.83. The summed E-state index contributed by atoms with van der Waals surface area (Å²) >= 11 is 4.77. The summed E-state index contributed by atoms with van der Waals surface area (Å²) in [6.45, 7) is 0. The van der Waals surface area contributed by atoms with Crippen molar-refractivity contribution in [1.29, 1.82) is 0 Å². The second-order valence-electron chi connectivity index (χ2n) is 2.83. The molecule has 0 spiro atoms. The zero-order valence-corrected chi connectivity index (χ0v) is 8.53. The van der Waals surface area contributed by atoms with Crippen molar-refractivity contribution in [2.75, 3.05) is 0 Å². The molecule has 1 aromatic rings. The van der Waals surface area contributed by atoms with Crippen LogP contribution in [0, 0.1) is 0 Å². The van der Waals surface area contributed by atoms with Crippen molar-refractivity contribution in [1.82, 2.24) is 4.98 Å². The van der Waals surface area contributed by atoms with Crippen molar-refractivity contribution < 1.29 is 26.3 Å². The fraction of sp³-hybridized carbons (Fsp3) is 0.250. The highest BCUT2D eigenvalue weighted by Gasteiger charge is 2.35. The van der Waals surface area contributed by atoms with Gasteiger partial charge in [0, 0.05) is 6.20 Å². The maximum Gasteiger partial charge on any atom is 0.444 e. The molecule has 0 aliphatic rings. The maximum absolute atomic E-state index is 12.2. The van der Waals surface area contributed by atoms with Crippen molar-refractivity contribution in [2.24, 2.45) is 4.99 Å². The summed E-state index contributed by atoms with van der Waals surface area (Å²) in [7, 11) is 0. The van der Waals surface area contributed by atoms with E-state index in [1.165, 1.54) is 0 Å². The summed E-state index contributed by atoms with van der Waals surface area (Å²) < 4.78 is 72.5. The van der Waals surface area contributed by atoms with E-state index in [1.807, 2.05) is 0 Å². The van der Waals surface area contributed by atoms with Crippen LogP contribution in [0.15, 0.2) is 23.5 Å². The number of hydrogen-bond acceptors (Lipinski definition) is 2. The monoisotopic (exact) mass is 276 g/mol. The predicted octanol–water partition coefficient (Wildman–Crippen LogP) is 3.93. The van der Waals surface area contributed by atoms with E-state index >= 15 is 0 Å². The van der Waals surface area contributed by atoms with Gasteiger partial charge in [0.25, 0.3) is 0 Å². The normalized spacial score (nSPS) is 13.9. The lowest BCUT2D eigenvalue weighted by Crippen LogP contribution is -2.16. The van der Waals surface area contributed by atoms with Crippen LogP contribution >= 0.6 is 11.6 Å². The summed E-state index contributed by atoms with van der Waals surface area (Å²) in [6.07, 6.45) is -8.40. The minimum Gasteiger partial charge on any atom is -0.262 e. The van der Waals surface area contributed by atoms with Gasteiger partial charge in [0.2, 0.25) is 5.17 Å². The molecule has 0 aromatic carbocycles. The highest BCUT2D eigenvalue weighted by Crippen LogP contribution is 2.31. The molecule has 0 fully saturated rings. The standard InChI is InChI=1S/C8H3ClF6N2/c9-6(8(13,14)15)17-5-1-4(2-16-3-5)7(10,11)12/h1-3H. The molecule has 0 unspecified atom stereocenters. The van der Waals surface area contributed by atoms with Crippen molar-refractivity contribution in [3.63, 3.8) is 0 Å². The molecule has 0 saturated heterocycles. The Labute approximate surface area is 95.9 Å². The van der Waals surface area contributed by atoms with Crippen LogP contribution in [0.1, 0.15) is 5.56 Å². The van der Waals surface area contributed by atoms with Crippen LogP contribution in [0.25, 0.3) is 0 Å². The Morgan fingerprint density at radius 1 is 1.12 bits per heavy atom. The molecule has 17 heavy (non-hydrogen) atoms. The van der Waals surface area contributed by atoms with Crippen LogP contribution in [-0.4, -0.2) is 16.3 Å². The Morgan fingerprint density at radius 2 is 1.71 bits per heavy atom. The minimum atomic E-state index is -4.91. The fourth-order valence-corrected chi connectivity index (χ4v) is 0.918. The lowest BCUT2D eigenvalue weighted by molar-refractivity contribution is -0.137. The molecule has 0 atom stereocenters. The van der Waals surface area contributed by atoms with Crippen molar-refractivity contribution in [3.8, 4) is 0 Å². The van der Waals surface area contributed by atoms with Crippen LogP contribution < -0.4 is 0 Å². The first-order valence-electron chi connectivity index (χ1n) is 3.94. The van der Waals surface area contributed by atoms with Gasteiger partial charge in [-0.1, -0.05) is 11.6 Å². The number of aliphatic imine (C=N–C) groups is 1. The first-order chi connectivity index (χ1) is 7.60. The smallest absolute Gasteiger partial charge is 0.262 e. The second kappa shape index (κ2) is 4.52. The Balaban J connectivity index is 3.10. The molecular formula is C8H3ClF6N2. The van der Waals surface area contributed by atoms with E-state index in [2.05, 4.69) is 9.98 Å². The van der Waals surface area contributed by atoms with E-state index in [1.54, 1.807) is 0 Å². The summed E-state index contributed by atoms with van der Waals surface area (Å²) in [5.74, 6) is 0. The van der Waals surface area contributed by atoms with E-state index in [-0.39, 0.29) is 0 Å². The Hall–Kier alpha value is -1.31. The van der Waals surface area contributed by atoms with Gasteiger partial charge in [0.15, 0.2) is 0 Å². The molecule has 0 bridgehead atoms. The number of rotatable bonds is 1. The summed E-state index contributed by atoms with van der Waals surface area (Å²) in [5, 5.41) is -1.77. The predicted molar refractivity (Wildman–Crippen MR) is 48.2 cm³/mol. The molecule has 2 nitrogen and oxygen atoms in total. The molecule has 0 amide bonds. The molecule has 94 valence electrons. The maximum atomic E-state index is 12.2. The highest BCUT2D eigenvalue weighted by molar-refractivity contribution is 6.67. The van der Waals surface area contributed by atoms with Gasteiger partial charge in [-0.3, -0.25) is 4.98 Å². The fourth-order valence-electron chi connectivity index (χ4n) is 0.821.